The lowest BCUT2D eigenvalue weighted by Gasteiger charge is -2.26. The van der Waals surface area contributed by atoms with Crippen LogP contribution in [0.2, 0.25) is 0 Å². The number of thioether (sulfide) groups is 1. The minimum Gasteiger partial charge on any atom is -0.396 e. The van der Waals surface area contributed by atoms with E-state index >= 15 is 0 Å². The Labute approximate surface area is 102 Å². The van der Waals surface area contributed by atoms with E-state index in [9.17, 15) is 5.11 Å². The summed E-state index contributed by atoms with van der Waals surface area (Å²) in [5.74, 6) is 0. The maximum Gasteiger partial charge on any atom is 0.0501 e. The molecule has 1 atom stereocenters. The van der Waals surface area contributed by atoms with Crippen molar-refractivity contribution in [3.05, 3.63) is 24.3 Å². The van der Waals surface area contributed by atoms with E-state index in [-0.39, 0.29) is 12.0 Å². The lowest BCUT2D eigenvalue weighted by atomic mass is 9.88. The molecule has 0 fully saturated rings. The van der Waals surface area contributed by atoms with Crippen LogP contribution in [0.15, 0.2) is 29.2 Å². The van der Waals surface area contributed by atoms with Crippen molar-refractivity contribution in [1.82, 2.24) is 0 Å². The van der Waals surface area contributed by atoms with E-state index in [0.29, 0.717) is 0 Å². The van der Waals surface area contributed by atoms with Gasteiger partial charge in [0.15, 0.2) is 0 Å². The molecule has 0 saturated carbocycles. The lowest BCUT2D eigenvalue weighted by Crippen LogP contribution is -2.29. The fourth-order valence-electron chi connectivity index (χ4n) is 1.34. The summed E-state index contributed by atoms with van der Waals surface area (Å²) in [4.78, 5) is 1.26. The van der Waals surface area contributed by atoms with Crippen molar-refractivity contribution in [3.8, 4) is 0 Å². The second-order valence-electron chi connectivity index (χ2n) is 4.41. The molecule has 90 valence electrons. The molecule has 0 amide bonds. The number of anilines is 1. The SMILES string of the molecule is CCC(C)(CO)CNc1cccc(SC)c1. The number of hydrogen-bond donors (Lipinski definition) is 2. The van der Waals surface area contributed by atoms with E-state index in [4.69, 9.17) is 0 Å². The Hall–Kier alpha value is -0.670. The number of benzene rings is 1. The van der Waals surface area contributed by atoms with Crippen LogP contribution in [0, 0.1) is 5.41 Å². The fourth-order valence-corrected chi connectivity index (χ4v) is 1.80. The number of aliphatic hydroxyl groups is 1. The summed E-state index contributed by atoms with van der Waals surface area (Å²) in [7, 11) is 0. The topological polar surface area (TPSA) is 32.3 Å². The zero-order chi connectivity index (χ0) is 12.0. The first-order valence-corrected chi connectivity index (χ1v) is 6.85. The zero-order valence-electron chi connectivity index (χ0n) is 10.3. The summed E-state index contributed by atoms with van der Waals surface area (Å²) in [5.41, 5.74) is 1.09. The highest BCUT2D eigenvalue weighted by Crippen LogP contribution is 2.23. The Bertz CT molecular complexity index is 323. The predicted molar refractivity (Wildman–Crippen MR) is 72.2 cm³/mol. The van der Waals surface area contributed by atoms with Crippen LogP contribution >= 0.6 is 11.8 Å². The summed E-state index contributed by atoms with van der Waals surface area (Å²) in [6, 6.07) is 8.35. The summed E-state index contributed by atoms with van der Waals surface area (Å²) in [6.07, 6.45) is 3.04. The van der Waals surface area contributed by atoms with Gasteiger partial charge in [-0.2, -0.15) is 0 Å². The monoisotopic (exact) mass is 239 g/mol. The summed E-state index contributed by atoms with van der Waals surface area (Å²) in [6.45, 7) is 5.23. The van der Waals surface area contributed by atoms with Gasteiger partial charge in [-0.15, -0.1) is 11.8 Å². The summed E-state index contributed by atoms with van der Waals surface area (Å²) >= 11 is 1.74. The molecule has 0 spiro atoms. The molecule has 1 aromatic rings. The maximum absolute atomic E-state index is 9.32. The van der Waals surface area contributed by atoms with Crippen LogP contribution in [-0.2, 0) is 0 Å². The highest BCUT2D eigenvalue weighted by molar-refractivity contribution is 7.98. The van der Waals surface area contributed by atoms with Gasteiger partial charge in [0.1, 0.15) is 0 Å². The molecule has 0 heterocycles. The molecule has 0 aliphatic carbocycles. The molecule has 1 rings (SSSR count). The van der Waals surface area contributed by atoms with Gasteiger partial charge in [-0.3, -0.25) is 0 Å². The molecule has 1 unspecified atom stereocenters. The molecule has 1 aromatic carbocycles. The molecule has 0 saturated heterocycles. The van der Waals surface area contributed by atoms with Crippen molar-refractivity contribution in [2.24, 2.45) is 5.41 Å². The molecule has 0 aliphatic rings. The predicted octanol–water partition coefficient (Wildman–Crippen LogP) is 3.23. The van der Waals surface area contributed by atoms with E-state index in [1.165, 1.54) is 4.90 Å². The molecule has 0 radical (unpaired) electrons. The standard InChI is InChI=1S/C13H21NOS/c1-4-13(2,10-15)9-14-11-6-5-7-12(8-11)16-3/h5-8,14-15H,4,9-10H2,1-3H3. The molecule has 0 aromatic heterocycles. The maximum atomic E-state index is 9.32. The molecular formula is C13H21NOS. The second kappa shape index (κ2) is 6.16. The Morgan fingerprint density at radius 3 is 2.75 bits per heavy atom. The zero-order valence-corrected chi connectivity index (χ0v) is 11.1. The van der Waals surface area contributed by atoms with Crippen molar-refractivity contribution < 1.29 is 5.11 Å². The highest BCUT2D eigenvalue weighted by Gasteiger charge is 2.20. The summed E-state index contributed by atoms with van der Waals surface area (Å²) < 4.78 is 0. The molecule has 0 aliphatic heterocycles. The summed E-state index contributed by atoms with van der Waals surface area (Å²) in [5, 5.41) is 12.7. The van der Waals surface area contributed by atoms with Gasteiger partial charge in [-0.1, -0.05) is 19.9 Å². The van der Waals surface area contributed by atoms with Gasteiger partial charge < -0.3 is 10.4 Å². The first kappa shape index (κ1) is 13.4. The van der Waals surface area contributed by atoms with E-state index in [2.05, 4.69) is 49.7 Å². The van der Waals surface area contributed by atoms with E-state index in [1.54, 1.807) is 11.8 Å². The van der Waals surface area contributed by atoms with E-state index in [0.717, 1.165) is 18.7 Å². The fraction of sp³-hybridized carbons (Fsp3) is 0.538. The lowest BCUT2D eigenvalue weighted by molar-refractivity contribution is 0.149. The quantitative estimate of drug-likeness (QED) is 0.748. The third kappa shape index (κ3) is 3.72. The smallest absolute Gasteiger partial charge is 0.0501 e. The van der Waals surface area contributed by atoms with Gasteiger partial charge in [0.2, 0.25) is 0 Å². The minimum absolute atomic E-state index is 0.0324. The normalized spacial score (nSPS) is 14.5. The average molecular weight is 239 g/mol. The van der Waals surface area contributed by atoms with E-state index in [1.807, 2.05) is 0 Å². The number of rotatable bonds is 6. The van der Waals surface area contributed by atoms with Crippen molar-refractivity contribution in [1.29, 1.82) is 0 Å². The van der Waals surface area contributed by atoms with Gasteiger partial charge in [0.05, 0.1) is 6.61 Å². The first-order valence-electron chi connectivity index (χ1n) is 5.62. The molecule has 3 heteroatoms. The van der Waals surface area contributed by atoms with Crippen LogP contribution in [0.5, 0.6) is 0 Å². The van der Waals surface area contributed by atoms with Crippen LogP contribution in [0.4, 0.5) is 5.69 Å². The minimum atomic E-state index is -0.0324. The van der Waals surface area contributed by atoms with Gasteiger partial charge >= 0.3 is 0 Å². The molecular weight excluding hydrogens is 218 g/mol. The van der Waals surface area contributed by atoms with Crippen molar-refractivity contribution in [3.63, 3.8) is 0 Å². The Balaban J connectivity index is 2.60. The third-order valence-corrected chi connectivity index (χ3v) is 3.75. The van der Waals surface area contributed by atoms with Crippen LogP contribution in [0.25, 0.3) is 0 Å². The Morgan fingerprint density at radius 2 is 2.19 bits per heavy atom. The molecule has 2 nitrogen and oxygen atoms in total. The van der Waals surface area contributed by atoms with Gasteiger partial charge in [-0.05, 0) is 30.9 Å². The van der Waals surface area contributed by atoms with E-state index < -0.39 is 0 Å². The van der Waals surface area contributed by atoms with Crippen LogP contribution in [0.3, 0.4) is 0 Å². The van der Waals surface area contributed by atoms with Gasteiger partial charge in [0.25, 0.3) is 0 Å². The van der Waals surface area contributed by atoms with Crippen molar-refractivity contribution in [2.75, 3.05) is 24.7 Å². The number of nitrogens with one attached hydrogen (secondary N) is 1. The molecule has 2 N–H and O–H groups in total. The van der Waals surface area contributed by atoms with Crippen molar-refractivity contribution >= 4 is 17.4 Å². The van der Waals surface area contributed by atoms with Crippen LogP contribution < -0.4 is 5.32 Å². The van der Waals surface area contributed by atoms with Crippen molar-refractivity contribution in [2.45, 2.75) is 25.2 Å². The second-order valence-corrected chi connectivity index (χ2v) is 5.29. The van der Waals surface area contributed by atoms with Gasteiger partial charge in [0, 0.05) is 22.5 Å². The van der Waals surface area contributed by atoms with Crippen LogP contribution in [0.1, 0.15) is 20.3 Å². The van der Waals surface area contributed by atoms with Gasteiger partial charge in [-0.25, -0.2) is 0 Å². The Kier molecular flexibility index (Phi) is 5.16. The Morgan fingerprint density at radius 1 is 1.44 bits per heavy atom. The molecule has 16 heavy (non-hydrogen) atoms. The largest absolute Gasteiger partial charge is 0.396 e. The average Bonchev–Trinajstić information content (AvgIpc) is 2.36. The molecule has 0 bridgehead atoms. The third-order valence-electron chi connectivity index (χ3n) is 3.02. The number of aliphatic hydroxyl groups excluding tert-OH is 1. The highest BCUT2D eigenvalue weighted by atomic mass is 32.2. The van der Waals surface area contributed by atoms with Crippen LogP contribution in [-0.4, -0.2) is 24.5 Å². The number of hydrogen-bond acceptors (Lipinski definition) is 3. The first-order chi connectivity index (χ1) is 7.63.